The molecule has 1 aliphatic rings. The van der Waals surface area contributed by atoms with Crippen molar-refractivity contribution in [3.05, 3.63) is 28.5 Å². The maximum atomic E-state index is 12.1. The first kappa shape index (κ1) is 12.6. The zero-order chi connectivity index (χ0) is 13.4. The van der Waals surface area contributed by atoms with Gasteiger partial charge in [-0.15, -0.1) is 0 Å². The molecule has 2 aromatic rings. The number of H-pyrrole nitrogens is 1. The second kappa shape index (κ2) is 4.94. The van der Waals surface area contributed by atoms with Gasteiger partial charge in [-0.1, -0.05) is 0 Å². The number of hydrogen-bond acceptors (Lipinski definition) is 3. The quantitative estimate of drug-likeness (QED) is 0.806. The summed E-state index contributed by atoms with van der Waals surface area (Å²) >= 11 is 3.35. The smallest absolute Gasteiger partial charge is 0.253 e. The van der Waals surface area contributed by atoms with E-state index in [9.17, 15) is 9.90 Å². The Bertz CT molecular complexity index is 619. The van der Waals surface area contributed by atoms with Gasteiger partial charge in [-0.25, -0.2) is 4.98 Å². The molecule has 1 fully saturated rings. The van der Waals surface area contributed by atoms with Crippen molar-refractivity contribution in [1.29, 1.82) is 0 Å². The maximum Gasteiger partial charge on any atom is 0.253 e. The van der Waals surface area contributed by atoms with Gasteiger partial charge < -0.3 is 15.4 Å². The molecule has 0 saturated heterocycles. The minimum Gasteiger partial charge on any atom is -0.393 e. The Morgan fingerprint density at radius 1 is 1.58 bits per heavy atom. The van der Waals surface area contributed by atoms with Crippen LogP contribution in [-0.4, -0.2) is 33.6 Å². The van der Waals surface area contributed by atoms with Gasteiger partial charge >= 0.3 is 0 Å². The highest BCUT2D eigenvalue weighted by Gasteiger charge is 2.27. The summed E-state index contributed by atoms with van der Waals surface area (Å²) in [6.45, 7) is 0.615. The monoisotopic (exact) mass is 323 g/mol. The van der Waals surface area contributed by atoms with E-state index in [1.807, 2.05) is 6.07 Å². The molecule has 2 heterocycles. The van der Waals surface area contributed by atoms with Crippen LogP contribution in [0.25, 0.3) is 11.0 Å². The average molecular weight is 324 g/mol. The standard InChI is InChI=1S/C13H14BrN3O2/c14-8-3-10-11(6-16-12(10)15-5-8)13(19)17-4-7-1-9(18)2-7/h3,5-7,9,18H,1-2,4H2,(H,15,16)(H,17,19). The SMILES string of the molecule is O=C(NCC1CC(O)C1)c1c[nH]c2ncc(Br)cc12. The van der Waals surface area contributed by atoms with Gasteiger partial charge in [-0.2, -0.15) is 0 Å². The van der Waals surface area contributed by atoms with E-state index in [-0.39, 0.29) is 12.0 Å². The molecule has 0 aliphatic heterocycles. The second-order valence-electron chi connectivity index (χ2n) is 4.95. The van der Waals surface area contributed by atoms with Gasteiger partial charge in [-0.3, -0.25) is 4.79 Å². The molecule has 1 saturated carbocycles. The number of aromatic amines is 1. The van der Waals surface area contributed by atoms with Crippen molar-refractivity contribution in [3.8, 4) is 0 Å². The number of carbonyl (C=O) groups is 1. The number of pyridine rings is 1. The summed E-state index contributed by atoms with van der Waals surface area (Å²) < 4.78 is 0.843. The molecule has 0 atom stereocenters. The number of hydrogen-bond donors (Lipinski definition) is 3. The van der Waals surface area contributed by atoms with Crippen molar-refractivity contribution in [3.63, 3.8) is 0 Å². The molecule has 2 aromatic heterocycles. The number of nitrogens with zero attached hydrogens (tertiary/aromatic N) is 1. The summed E-state index contributed by atoms with van der Waals surface area (Å²) in [5, 5.41) is 12.9. The van der Waals surface area contributed by atoms with Gasteiger partial charge in [0.1, 0.15) is 5.65 Å². The summed E-state index contributed by atoms with van der Waals surface area (Å²) in [6, 6.07) is 1.88. The molecule has 5 nitrogen and oxygen atoms in total. The van der Waals surface area contributed by atoms with E-state index in [2.05, 4.69) is 31.2 Å². The molecular formula is C13H14BrN3O2. The van der Waals surface area contributed by atoms with E-state index in [1.54, 1.807) is 12.4 Å². The van der Waals surface area contributed by atoms with Crippen molar-refractivity contribution >= 4 is 32.9 Å². The Morgan fingerprint density at radius 3 is 3.11 bits per heavy atom. The van der Waals surface area contributed by atoms with Crippen LogP contribution in [0, 0.1) is 5.92 Å². The summed E-state index contributed by atoms with van der Waals surface area (Å²) in [4.78, 5) is 19.3. The lowest BCUT2D eigenvalue weighted by Gasteiger charge is -2.31. The minimum absolute atomic E-state index is 0.104. The molecule has 100 valence electrons. The van der Waals surface area contributed by atoms with Gasteiger partial charge in [0.25, 0.3) is 5.91 Å². The van der Waals surface area contributed by atoms with Gasteiger partial charge in [0.15, 0.2) is 0 Å². The molecule has 0 bridgehead atoms. The van der Waals surface area contributed by atoms with Crippen molar-refractivity contribution in [1.82, 2.24) is 15.3 Å². The van der Waals surface area contributed by atoms with Gasteiger partial charge in [0, 0.05) is 28.8 Å². The highest BCUT2D eigenvalue weighted by Crippen LogP contribution is 2.26. The lowest BCUT2D eigenvalue weighted by atomic mass is 9.82. The highest BCUT2D eigenvalue weighted by atomic mass is 79.9. The van der Waals surface area contributed by atoms with Crippen LogP contribution in [0.1, 0.15) is 23.2 Å². The number of halogens is 1. The van der Waals surface area contributed by atoms with Crippen molar-refractivity contribution in [2.45, 2.75) is 18.9 Å². The molecule has 3 rings (SSSR count). The van der Waals surface area contributed by atoms with Crippen molar-refractivity contribution in [2.75, 3.05) is 6.54 Å². The van der Waals surface area contributed by atoms with Crippen LogP contribution < -0.4 is 5.32 Å². The zero-order valence-corrected chi connectivity index (χ0v) is 11.8. The lowest BCUT2D eigenvalue weighted by molar-refractivity contribution is 0.0420. The predicted molar refractivity (Wildman–Crippen MR) is 74.9 cm³/mol. The maximum absolute atomic E-state index is 12.1. The number of nitrogens with one attached hydrogen (secondary N) is 2. The fraction of sp³-hybridized carbons (Fsp3) is 0.385. The fourth-order valence-corrected chi connectivity index (χ4v) is 2.70. The van der Waals surface area contributed by atoms with E-state index in [1.165, 1.54) is 0 Å². The Kier molecular flexibility index (Phi) is 3.28. The third kappa shape index (κ3) is 2.50. The second-order valence-corrected chi connectivity index (χ2v) is 5.87. The topological polar surface area (TPSA) is 78.0 Å². The van der Waals surface area contributed by atoms with Gasteiger partial charge in [0.2, 0.25) is 0 Å². The van der Waals surface area contributed by atoms with Crippen LogP contribution in [0.2, 0.25) is 0 Å². The van der Waals surface area contributed by atoms with Crippen LogP contribution in [0.4, 0.5) is 0 Å². The number of rotatable bonds is 3. The first-order valence-corrected chi connectivity index (χ1v) is 7.01. The molecule has 0 aromatic carbocycles. The van der Waals surface area contributed by atoms with Crippen LogP contribution in [0.5, 0.6) is 0 Å². The van der Waals surface area contributed by atoms with E-state index in [4.69, 9.17) is 0 Å². The van der Waals surface area contributed by atoms with Crippen LogP contribution in [-0.2, 0) is 0 Å². The number of amides is 1. The zero-order valence-electron chi connectivity index (χ0n) is 10.2. The Morgan fingerprint density at radius 2 is 2.37 bits per heavy atom. The fourth-order valence-electron chi connectivity index (χ4n) is 2.37. The normalized spacial score (nSPS) is 22.2. The number of aromatic nitrogens is 2. The van der Waals surface area contributed by atoms with Crippen LogP contribution >= 0.6 is 15.9 Å². The van der Waals surface area contributed by atoms with Crippen LogP contribution in [0.3, 0.4) is 0 Å². The lowest BCUT2D eigenvalue weighted by Crippen LogP contribution is -2.38. The first-order chi connectivity index (χ1) is 9.13. The van der Waals surface area contributed by atoms with Gasteiger partial charge in [-0.05, 0) is 40.8 Å². The molecule has 1 aliphatic carbocycles. The van der Waals surface area contributed by atoms with Crippen molar-refractivity contribution < 1.29 is 9.90 Å². The molecule has 19 heavy (non-hydrogen) atoms. The van der Waals surface area contributed by atoms with E-state index in [0.717, 1.165) is 22.7 Å². The van der Waals surface area contributed by atoms with E-state index >= 15 is 0 Å². The largest absolute Gasteiger partial charge is 0.393 e. The summed E-state index contributed by atoms with van der Waals surface area (Å²) in [5.74, 6) is 0.293. The molecular weight excluding hydrogens is 310 g/mol. The summed E-state index contributed by atoms with van der Waals surface area (Å²) in [7, 11) is 0. The summed E-state index contributed by atoms with van der Waals surface area (Å²) in [6.07, 6.45) is 4.74. The number of fused-ring (bicyclic) bond motifs is 1. The Balaban J connectivity index is 1.72. The summed E-state index contributed by atoms with van der Waals surface area (Å²) in [5.41, 5.74) is 1.30. The molecule has 0 unspecified atom stereocenters. The average Bonchev–Trinajstić information content (AvgIpc) is 2.75. The molecule has 3 N–H and O–H groups in total. The highest BCUT2D eigenvalue weighted by molar-refractivity contribution is 9.10. The van der Waals surface area contributed by atoms with E-state index < -0.39 is 0 Å². The third-order valence-corrected chi connectivity index (χ3v) is 3.94. The first-order valence-electron chi connectivity index (χ1n) is 6.22. The minimum atomic E-state index is -0.185. The molecule has 0 radical (unpaired) electrons. The van der Waals surface area contributed by atoms with Gasteiger partial charge in [0.05, 0.1) is 11.7 Å². The molecule has 6 heteroatoms. The number of aliphatic hydroxyl groups is 1. The molecule has 0 spiro atoms. The Hall–Kier alpha value is -1.40. The van der Waals surface area contributed by atoms with E-state index in [0.29, 0.717) is 23.7 Å². The number of aliphatic hydroxyl groups excluding tert-OH is 1. The molecule has 1 amide bonds. The third-order valence-electron chi connectivity index (χ3n) is 3.50. The predicted octanol–water partition coefficient (Wildman–Crippen LogP) is 1.83. The number of carbonyl (C=O) groups excluding carboxylic acids is 1. The van der Waals surface area contributed by atoms with Crippen LogP contribution in [0.15, 0.2) is 22.9 Å². The van der Waals surface area contributed by atoms with Crippen molar-refractivity contribution in [2.24, 2.45) is 5.92 Å². The Labute approximate surface area is 118 Å².